The molecule has 8 rings (SSSR count). The molecule has 1 amide bonds. The van der Waals surface area contributed by atoms with Crippen molar-refractivity contribution >= 4 is 57.5 Å². The summed E-state index contributed by atoms with van der Waals surface area (Å²) < 4.78 is 96.3. The summed E-state index contributed by atoms with van der Waals surface area (Å²) in [5, 5.41) is 1.73. The number of nitrogens with zero attached hydrogens (tertiary/aromatic N) is 7. The van der Waals surface area contributed by atoms with Gasteiger partial charge in [-0.1, -0.05) is 11.6 Å². The van der Waals surface area contributed by atoms with Crippen molar-refractivity contribution in [2.75, 3.05) is 43.4 Å². The minimum absolute atomic E-state index is 0.00626. The van der Waals surface area contributed by atoms with Crippen molar-refractivity contribution < 1.29 is 35.9 Å². The molecular formula is C36H35ClF6N8O2S. The van der Waals surface area contributed by atoms with E-state index in [-0.39, 0.29) is 71.3 Å². The molecule has 7 heterocycles. The zero-order chi connectivity index (χ0) is 38.1. The molecule has 0 aliphatic carbocycles. The van der Waals surface area contributed by atoms with E-state index in [2.05, 4.69) is 15.0 Å². The van der Waals surface area contributed by atoms with Crippen LogP contribution in [0.5, 0.6) is 6.01 Å². The number of aryl methyl sites for hydroxylation is 1. The minimum Gasteiger partial charge on any atom is -0.461 e. The van der Waals surface area contributed by atoms with Crippen molar-refractivity contribution in [3.8, 4) is 17.3 Å². The van der Waals surface area contributed by atoms with Crippen LogP contribution in [0.25, 0.3) is 28.2 Å². The number of halogens is 7. The monoisotopic (exact) mass is 792 g/mol. The van der Waals surface area contributed by atoms with Gasteiger partial charge in [0.05, 0.1) is 33.4 Å². The first-order valence-electron chi connectivity index (χ1n) is 17.6. The predicted octanol–water partition coefficient (Wildman–Crippen LogP) is 7.39. The number of amides is 1. The van der Waals surface area contributed by atoms with Gasteiger partial charge in [0.15, 0.2) is 11.6 Å². The average molecular weight is 793 g/mol. The smallest absolute Gasteiger partial charge is 0.418 e. The molecule has 4 aliphatic heterocycles. The van der Waals surface area contributed by atoms with E-state index >= 15 is 8.78 Å². The fraction of sp³-hybridized carbons (Fsp3) is 0.472. The Labute approximate surface area is 315 Å². The molecule has 2 N–H and O–H groups in total. The van der Waals surface area contributed by atoms with Crippen LogP contribution in [0.3, 0.4) is 0 Å². The van der Waals surface area contributed by atoms with Crippen LogP contribution in [-0.4, -0.2) is 92.2 Å². The number of hydrogen-bond donors (Lipinski definition) is 1. The largest absolute Gasteiger partial charge is 0.461 e. The van der Waals surface area contributed by atoms with E-state index in [9.17, 15) is 22.4 Å². The lowest BCUT2D eigenvalue weighted by Gasteiger charge is -2.31. The number of carbonyl (C=O) groups is 1. The van der Waals surface area contributed by atoms with Gasteiger partial charge >= 0.3 is 12.2 Å². The van der Waals surface area contributed by atoms with Crippen LogP contribution < -0.4 is 15.4 Å². The highest BCUT2D eigenvalue weighted by molar-refractivity contribution is 7.10. The van der Waals surface area contributed by atoms with Crippen molar-refractivity contribution in [2.45, 2.75) is 75.4 Å². The molecule has 4 fully saturated rings. The third-order valence-corrected chi connectivity index (χ3v) is 12.1. The van der Waals surface area contributed by atoms with Gasteiger partial charge in [-0.3, -0.25) is 9.69 Å². The number of anilines is 2. The first kappa shape index (κ1) is 36.7. The normalized spacial score (nSPS) is 24.7. The Balaban J connectivity index is 1.22. The quantitative estimate of drug-likeness (QED) is 0.151. The molecule has 286 valence electrons. The van der Waals surface area contributed by atoms with Gasteiger partial charge < -0.3 is 20.3 Å². The molecule has 0 saturated carbocycles. The summed E-state index contributed by atoms with van der Waals surface area (Å²) in [6.45, 7) is 2.65. The Kier molecular flexibility index (Phi) is 9.40. The van der Waals surface area contributed by atoms with Crippen LogP contribution in [0.15, 0.2) is 29.5 Å². The van der Waals surface area contributed by atoms with E-state index in [1.807, 2.05) is 9.80 Å². The fourth-order valence-corrected chi connectivity index (χ4v) is 9.60. The van der Waals surface area contributed by atoms with Gasteiger partial charge in [0, 0.05) is 55.1 Å². The maximum absolute atomic E-state index is 17.0. The summed E-state index contributed by atoms with van der Waals surface area (Å²) >= 11 is 7.85. The van der Waals surface area contributed by atoms with Crippen LogP contribution in [0.4, 0.5) is 38.0 Å². The average Bonchev–Trinajstić information content (AvgIpc) is 3.86. The molecule has 18 heteroatoms. The SMILES string of the molecule is Cc1cc(N)nc(-c2c(Cl)cc3c(N4CC[C@@H]5CC[C@H](C4)N5C(=O)/C(F)=C/c4nccs4)nc(OC[C@@]45CCCN4C[C@H](F)C5)nc3c2F)c1C(F)(F)F. The maximum Gasteiger partial charge on any atom is 0.418 e. The number of alkyl halides is 4. The second kappa shape index (κ2) is 13.8. The molecule has 4 atom stereocenters. The number of ether oxygens (including phenoxy) is 1. The first-order chi connectivity index (χ1) is 25.7. The second-order valence-electron chi connectivity index (χ2n) is 14.4. The summed E-state index contributed by atoms with van der Waals surface area (Å²) in [5.41, 5.74) is 1.98. The summed E-state index contributed by atoms with van der Waals surface area (Å²) in [4.78, 5) is 35.9. The van der Waals surface area contributed by atoms with Crippen LogP contribution in [0.2, 0.25) is 5.02 Å². The van der Waals surface area contributed by atoms with Gasteiger partial charge in [0.25, 0.3) is 5.91 Å². The molecule has 54 heavy (non-hydrogen) atoms. The molecule has 0 unspecified atom stereocenters. The van der Waals surface area contributed by atoms with E-state index in [1.54, 1.807) is 10.3 Å². The van der Waals surface area contributed by atoms with Crippen molar-refractivity contribution in [1.82, 2.24) is 29.7 Å². The number of thiazole rings is 1. The third-order valence-electron chi connectivity index (χ3n) is 11.1. The molecular weight excluding hydrogens is 758 g/mol. The zero-order valence-electron chi connectivity index (χ0n) is 29.0. The summed E-state index contributed by atoms with van der Waals surface area (Å²) in [6, 6.07) is 1.33. The number of nitrogen functional groups attached to an aromatic ring is 1. The minimum atomic E-state index is -4.93. The maximum atomic E-state index is 17.0. The van der Waals surface area contributed by atoms with Crippen LogP contribution in [-0.2, 0) is 11.0 Å². The van der Waals surface area contributed by atoms with Crippen molar-refractivity contribution in [3.63, 3.8) is 0 Å². The lowest BCUT2D eigenvalue weighted by molar-refractivity contribution is -0.137. The molecule has 3 aromatic heterocycles. The van der Waals surface area contributed by atoms with E-state index < -0.39 is 58.3 Å². The Morgan fingerprint density at radius 3 is 2.70 bits per heavy atom. The number of pyridine rings is 1. The van der Waals surface area contributed by atoms with Crippen molar-refractivity contribution in [3.05, 3.63) is 56.5 Å². The number of hydrogen-bond acceptors (Lipinski definition) is 10. The molecule has 4 aromatic rings. The standard InChI is InChI=1S/C36H35ClF6N8O2S/c1-18-11-25(44)46-31(28(18)36(41,42)43)27-23(37)12-22-30(29(27)40)47-34(53-17-35-6-2-8-50(35)15-19(38)14-35)48-32(22)49-9-5-20-3-4-21(16-49)51(20)33(52)24(39)13-26-45-7-10-54-26/h7,10-13,19-21H,2-6,8-9,14-17H2,1H3,(H2,44,46)/b24-13-/t19-,20+,21-,35+/m1/s1. The van der Waals surface area contributed by atoms with Crippen LogP contribution in [0.1, 0.15) is 54.7 Å². The molecule has 10 nitrogen and oxygen atoms in total. The molecule has 4 aliphatic rings. The number of carbonyl (C=O) groups excluding carboxylic acids is 1. The summed E-state index contributed by atoms with van der Waals surface area (Å²) in [6.07, 6.45) is 0.0513. The van der Waals surface area contributed by atoms with Crippen LogP contribution >= 0.6 is 22.9 Å². The summed E-state index contributed by atoms with van der Waals surface area (Å²) in [7, 11) is 0. The van der Waals surface area contributed by atoms with Gasteiger partial charge in [-0.05, 0) is 63.3 Å². The van der Waals surface area contributed by atoms with Gasteiger partial charge in [-0.15, -0.1) is 11.3 Å². The number of aromatic nitrogens is 4. The van der Waals surface area contributed by atoms with Crippen molar-refractivity contribution in [1.29, 1.82) is 0 Å². The lowest BCUT2D eigenvalue weighted by Crippen LogP contribution is -2.44. The molecule has 4 saturated heterocycles. The zero-order valence-corrected chi connectivity index (χ0v) is 30.5. The number of rotatable bonds is 7. The highest BCUT2D eigenvalue weighted by Gasteiger charge is 2.50. The van der Waals surface area contributed by atoms with E-state index in [0.717, 1.165) is 18.6 Å². The highest BCUT2D eigenvalue weighted by Crippen LogP contribution is 2.46. The molecule has 2 bridgehead atoms. The van der Waals surface area contributed by atoms with Gasteiger partial charge in [-0.25, -0.2) is 23.1 Å². The fourth-order valence-electron chi connectivity index (χ4n) is 8.76. The van der Waals surface area contributed by atoms with Gasteiger partial charge in [0.1, 0.15) is 34.9 Å². The number of nitrogens with two attached hydrogens (primary N) is 1. The third kappa shape index (κ3) is 6.51. The number of benzene rings is 1. The van der Waals surface area contributed by atoms with E-state index in [4.69, 9.17) is 27.1 Å². The molecule has 1 aromatic carbocycles. The topological polar surface area (TPSA) is 114 Å². The molecule has 0 radical (unpaired) electrons. The molecule has 0 spiro atoms. The Morgan fingerprint density at radius 1 is 1.15 bits per heavy atom. The lowest BCUT2D eigenvalue weighted by atomic mass is 9.95. The van der Waals surface area contributed by atoms with E-state index in [0.29, 0.717) is 43.8 Å². The Hall–Kier alpha value is -4.22. The number of fused-ring (bicyclic) bond motifs is 4. The first-order valence-corrected chi connectivity index (χ1v) is 18.9. The second-order valence-corrected chi connectivity index (χ2v) is 15.8. The van der Waals surface area contributed by atoms with Gasteiger partial charge in [-0.2, -0.15) is 23.1 Å². The van der Waals surface area contributed by atoms with Gasteiger partial charge in [0.2, 0.25) is 0 Å². The highest BCUT2D eigenvalue weighted by atomic mass is 35.5. The van der Waals surface area contributed by atoms with Crippen molar-refractivity contribution in [2.24, 2.45) is 0 Å². The Morgan fingerprint density at radius 2 is 1.94 bits per heavy atom. The predicted molar refractivity (Wildman–Crippen MR) is 192 cm³/mol. The Bertz CT molecular complexity index is 2160. The summed E-state index contributed by atoms with van der Waals surface area (Å²) in [5.74, 6) is -2.99. The van der Waals surface area contributed by atoms with Crippen LogP contribution in [0, 0.1) is 12.7 Å². The van der Waals surface area contributed by atoms with E-state index in [1.165, 1.54) is 30.5 Å².